The van der Waals surface area contributed by atoms with Crippen LogP contribution >= 0.6 is 0 Å². The molecule has 2 aromatic heterocycles. The highest BCUT2D eigenvalue weighted by Gasteiger charge is 2.33. The number of fused-ring (bicyclic) bond motifs is 1. The van der Waals surface area contributed by atoms with Gasteiger partial charge in [0.15, 0.2) is 5.65 Å². The predicted molar refractivity (Wildman–Crippen MR) is 109 cm³/mol. The summed E-state index contributed by atoms with van der Waals surface area (Å²) >= 11 is 0. The molecule has 1 fully saturated rings. The van der Waals surface area contributed by atoms with Gasteiger partial charge in [-0.25, -0.2) is 9.97 Å². The van der Waals surface area contributed by atoms with Crippen LogP contribution in [0.15, 0.2) is 73.1 Å². The molecule has 4 aromatic rings. The fraction of sp³-hybridized carbons (Fsp3) is 0.174. The zero-order chi connectivity index (χ0) is 18.9. The number of pyridine rings is 1. The first-order chi connectivity index (χ1) is 13.8. The van der Waals surface area contributed by atoms with E-state index in [1.165, 1.54) is 5.56 Å². The molecule has 0 bridgehead atoms. The van der Waals surface area contributed by atoms with Gasteiger partial charge in [0.25, 0.3) is 0 Å². The summed E-state index contributed by atoms with van der Waals surface area (Å²) < 4.78 is 0. The Kier molecular flexibility index (Phi) is 4.13. The van der Waals surface area contributed by atoms with E-state index in [1.807, 2.05) is 36.4 Å². The van der Waals surface area contributed by atoms with E-state index < -0.39 is 0 Å². The number of carbonyl (C=O) groups is 1. The van der Waals surface area contributed by atoms with E-state index >= 15 is 0 Å². The second kappa shape index (κ2) is 6.93. The molecule has 1 saturated heterocycles. The molecule has 1 aliphatic heterocycles. The summed E-state index contributed by atoms with van der Waals surface area (Å²) in [5, 5.41) is 3.00. The molecule has 2 N–H and O–H groups in total. The summed E-state index contributed by atoms with van der Waals surface area (Å²) in [7, 11) is 0. The summed E-state index contributed by atoms with van der Waals surface area (Å²) in [5.41, 5.74) is 5.91. The number of rotatable bonds is 4. The zero-order valence-electron chi connectivity index (χ0n) is 15.3. The number of hydrogen-bond acceptors (Lipinski definition) is 3. The van der Waals surface area contributed by atoms with Crippen molar-refractivity contribution >= 4 is 17.1 Å². The van der Waals surface area contributed by atoms with E-state index in [-0.39, 0.29) is 17.7 Å². The van der Waals surface area contributed by atoms with Crippen LogP contribution in [-0.2, 0) is 4.79 Å². The smallest absolute Gasteiger partial charge is 0.220 e. The molecule has 138 valence electrons. The third-order valence-corrected chi connectivity index (χ3v) is 5.46. The molecule has 1 amide bonds. The zero-order valence-corrected chi connectivity index (χ0v) is 15.3. The van der Waals surface area contributed by atoms with Gasteiger partial charge < -0.3 is 10.3 Å². The first-order valence-electron chi connectivity index (χ1n) is 9.50. The predicted octanol–water partition coefficient (Wildman–Crippen LogP) is 3.89. The van der Waals surface area contributed by atoms with Gasteiger partial charge in [0.2, 0.25) is 5.91 Å². The molecular weight excluding hydrogens is 348 g/mol. The molecule has 2 unspecified atom stereocenters. The van der Waals surface area contributed by atoms with Crippen LogP contribution in [0.2, 0.25) is 0 Å². The summed E-state index contributed by atoms with van der Waals surface area (Å²) in [6, 6.07) is 22.7. The van der Waals surface area contributed by atoms with Gasteiger partial charge in [0.05, 0.1) is 12.0 Å². The van der Waals surface area contributed by atoms with Crippen LogP contribution in [0.1, 0.15) is 23.5 Å². The molecular formula is C23H20N4O. The molecule has 2 aromatic carbocycles. The minimum atomic E-state index is 0.0661. The number of carbonyl (C=O) groups excluding carboxylic acids is 1. The number of nitrogens with zero attached hydrogens (tertiary/aromatic N) is 2. The van der Waals surface area contributed by atoms with Gasteiger partial charge in [-0.2, -0.15) is 0 Å². The van der Waals surface area contributed by atoms with Crippen molar-refractivity contribution in [1.82, 2.24) is 20.3 Å². The monoisotopic (exact) mass is 368 g/mol. The highest BCUT2D eigenvalue weighted by molar-refractivity contribution is 5.82. The fourth-order valence-corrected chi connectivity index (χ4v) is 4.18. The van der Waals surface area contributed by atoms with Crippen LogP contribution in [0, 0.1) is 5.92 Å². The van der Waals surface area contributed by atoms with Crippen LogP contribution in [0.3, 0.4) is 0 Å². The maximum atomic E-state index is 12.0. The molecule has 5 nitrogen and oxygen atoms in total. The second-order valence-electron chi connectivity index (χ2n) is 7.22. The first kappa shape index (κ1) is 16.7. The van der Waals surface area contributed by atoms with Gasteiger partial charge in [0, 0.05) is 24.4 Å². The molecule has 1 aliphatic rings. The van der Waals surface area contributed by atoms with Gasteiger partial charge in [-0.3, -0.25) is 4.79 Å². The van der Waals surface area contributed by atoms with E-state index in [0.29, 0.717) is 13.0 Å². The molecule has 0 aliphatic carbocycles. The van der Waals surface area contributed by atoms with E-state index in [2.05, 4.69) is 45.6 Å². The van der Waals surface area contributed by atoms with E-state index in [0.717, 1.165) is 28.0 Å². The number of aromatic nitrogens is 3. The fourth-order valence-electron chi connectivity index (χ4n) is 4.18. The molecule has 3 heterocycles. The summed E-state index contributed by atoms with van der Waals surface area (Å²) in [6.45, 7) is 0.674. The van der Waals surface area contributed by atoms with Crippen LogP contribution in [0.4, 0.5) is 0 Å². The SMILES string of the molecule is O=C1CC(C(c2ccccc2)c2cc(-c3ccccc3)nc3[nH]cnc23)CN1. The maximum Gasteiger partial charge on any atom is 0.220 e. The van der Waals surface area contributed by atoms with Gasteiger partial charge in [-0.05, 0) is 23.1 Å². The van der Waals surface area contributed by atoms with Crippen molar-refractivity contribution in [3.63, 3.8) is 0 Å². The highest BCUT2D eigenvalue weighted by atomic mass is 16.1. The van der Waals surface area contributed by atoms with Crippen molar-refractivity contribution in [2.75, 3.05) is 6.54 Å². The summed E-state index contributed by atoms with van der Waals surface area (Å²) in [5.74, 6) is 0.360. The summed E-state index contributed by atoms with van der Waals surface area (Å²) in [4.78, 5) is 24.5. The van der Waals surface area contributed by atoms with Gasteiger partial charge in [0.1, 0.15) is 5.52 Å². The van der Waals surface area contributed by atoms with Crippen molar-refractivity contribution in [1.29, 1.82) is 0 Å². The first-order valence-corrected chi connectivity index (χ1v) is 9.50. The topological polar surface area (TPSA) is 70.7 Å². The minimum Gasteiger partial charge on any atom is -0.356 e. The molecule has 5 heteroatoms. The maximum absolute atomic E-state index is 12.0. The highest BCUT2D eigenvalue weighted by Crippen LogP contribution is 2.39. The molecule has 5 rings (SSSR count). The van der Waals surface area contributed by atoms with Crippen molar-refractivity contribution < 1.29 is 4.79 Å². The van der Waals surface area contributed by atoms with Crippen molar-refractivity contribution in [2.24, 2.45) is 5.92 Å². The largest absolute Gasteiger partial charge is 0.356 e. The summed E-state index contributed by atoms with van der Waals surface area (Å²) in [6.07, 6.45) is 2.21. The molecule has 0 saturated carbocycles. The van der Waals surface area contributed by atoms with Crippen molar-refractivity contribution in [2.45, 2.75) is 12.3 Å². The lowest BCUT2D eigenvalue weighted by Crippen LogP contribution is -2.19. The Labute approximate surface area is 162 Å². The molecule has 28 heavy (non-hydrogen) atoms. The van der Waals surface area contributed by atoms with Gasteiger partial charge >= 0.3 is 0 Å². The third kappa shape index (κ3) is 2.95. The Morgan fingerprint density at radius 2 is 1.75 bits per heavy atom. The Morgan fingerprint density at radius 3 is 2.46 bits per heavy atom. The Hall–Kier alpha value is -3.47. The lowest BCUT2D eigenvalue weighted by Gasteiger charge is -2.24. The molecule has 2 atom stereocenters. The molecule has 0 radical (unpaired) electrons. The number of aromatic amines is 1. The number of H-pyrrole nitrogens is 1. The Bertz CT molecular complexity index is 1120. The number of benzene rings is 2. The lowest BCUT2D eigenvalue weighted by atomic mass is 9.79. The van der Waals surface area contributed by atoms with E-state index in [9.17, 15) is 4.79 Å². The van der Waals surface area contributed by atoms with E-state index in [1.54, 1.807) is 6.33 Å². The van der Waals surface area contributed by atoms with Crippen LogP contribution in [-0.4, -0.2) is 27.4 Å². The minimum absolute atomic E-state index is 0.0661. The molecule has 0 spiro atoms. The average Bonchev–Trinajstić information content (AvgIpc) is 3.39. The van der Waals surface area contributed by atoms with Crippen molar-refractivity contribution in [3.05, 3.63) is 84.2 Å². The third-order valence-electron chi connectivity index (χ3n) is 5.46. The lowest BCUT2D eigenvalue weighted by molar-refractivity contribution is -0.119. The number of imidazole rings is 1. The van der Waals surface area contributed by atoms with E-state index in [4.69, 9.17) is 4.98 Å². The van der Waals surface area contributed by atoms with Crippen LogP contribution in [0.25, 0.3) is 22.4 Å². The quantitative estimate of drug-likeness (QED) is 0.574. The number of nitrogens with one attached hydrogen (secondary N) is 2. The van der Waals surface area contributed by atoms with Crippen LogP contribution in [0.5, 0.6) is 0 Å². The van der Waals surface area contributed by atoms with Crippen LogP contribution < -0.4 is 5.32 Å². The van der Waals surface area contributed by atoms with Gasteiger partial charge in [-0.1, -0.05) is 60.7 Å². The van der Waals surface area contributed by atoms with Crippen molar-refractivity contribution in [3.8, 4) is 11.3 Å². The number of amides is 1. The number of hydrogen-bond donors (Lipinski definition) is 2. The van der Waals surface area contributed by atoms with Gasteiger partial charge in [-0.15, -0.1) is 0 Å². The Morgan fingerprint density at radius 1 is 1.00 bits per heavy atom. The standard InChI is InChI=1S/C23H20N4O/c28-20-11-17(13-24-20)21(16-9-5-2-6-10-16)18-12-19(15-7-3-1-4-8-15)27-23-22(18)25-14-26-23/h1-10,12,14,17,21H,11,13H2,(H,24,28)(H,25,26,27). The second-order valence-corrected chi connectivity index (χ2v) is 7.22. The normalized spacial score (nSPS) is 17.6. The Balaban J connectivity index is 1.72. The average molecular weight is 368 g/mol.